The van der Waals surface area contributed by atoms with Crippen molar-refractivity contribution in [2.75, 3.05) is 13.2 Å². The van der Waals surface area contributed by atoms with E-state index in [0.29, 0.717) is 0 Å². The van der Waals surface area contributed by atoms with Crippen LogP contribution in [0, 0.1) is 0 Å². The normalized spacial score (nSPS) is 20.5. The smallest absolute Gasteiger partial charge is 0.138 e. The monoisotopic (exact) mass is 325 g/mol. The topological polar surface area (TPSA) is 30.5 Å². The van der Waals surface area contributed by atoms with E-state index in [1.54, 1.807) is 0 Å². The summed E-state index contributed by atoms with van der Waals surface area (Å²) in [6, 6.07) is 6.99. The highest BCUT2D eigenvalue weighted by Gasteiger charge is 2.22. The summed E-state index contributed by atoms with van der Waals surface area (Å²) in [5, 5.41) is 3.55. The Morgan fingerprint density at radius 2 is 2.00 bits per heavy atom. The van der Waals surface area contributed by atoms with Gasteiger partial charge in [-0.1, -0.05) is 12.1 Å². The van der Waals surface area contributed by atoms with Crippen molar-refractivity contribution in [1.29, 1.82) is 0 Å². The lowest BCUT2D eigenvalue weighted by Crippen LogP contribution is -2.27. The van der Waals surface area contributed by atoms with Crippen LogP contribution in [0.3, 0.4) is 0 Å². The predicted molar refractivity (Wildman–Crippen MR) is 78.5 cm³/mol. The van der Waals surface area contributed by atoms with Crippen LogP contribution in [0.4, 0.5) is 0 Å². The minimum atomic E-state index is 0.284. The van der Waals surface area contributed by atoms with E-state index < -0.39 is 0 Å². The van der Waals surface area contributed by atoms with Gasteiger partial charge < -0.3 is 14.8 Å². The van der Waals surface area contributed by atoms with Crippen LogP contribution in [0.15, 0.2) is 22.7 Å². The summed E-state index contributed by atoms with van der Waals surface area (Å²) < 4.78 is 12.6. The van der Waals surface area contributed by atoms with Crippen LogP contribution in [0.25, 0.3) is 0 Å². The molecule has 0 radical (unpaired) electrons. The zero-order chi connectivity index (χ0) is 13.1. The second-order valence-electron chi connectivity index (χ2n) is 5.31. The molecule has 19 heavy (non-hydrogen) atoms. The van der Waals surface area contributed by atoms with Gasteiger partial charge in [0.1, 0.15) is 11.9 Å². The molecule has 1 aliphatic heterocycles. The van der Waals surface area contributed by atoms with E-state index in [1.165, 1.54) is 18.4 Å². The summed E-state index contributed by atoms with van der Waals surface area (Å²) in [7, 11) is 0. The first-order valence-corrected chi connectivity index (χ1v) is 7.87. The maximum Gasteiger partial charge on any atom is 0.138 e. The van der Waals surface area contributed by atoms with E-state index in [4.69, 9.17) is 9.47 Å². The number of hydrogen-bond donors (Lipinski definition) is 1. The van der Waals surface area contributed by atoms with Crippen LogP contribution < -0.4 is 10.1 Å². The van der Waals surface area contributed by atoms with Gasteiger partial charge >= 0.3 is 0 Å². The lowest BCUT2D eigenvalue weighted by molar-refractivity contribution is 0.0248. The van der Waals surface area contributed by atoms with Crippen molar-refractivity contribution < 1.29 is 9.47 Å². The Balaban J connectivity index is 1.69. The summed E-state index contributed by atoms with van der Waals surface area (Å²) >= 11 is 3.61. The largest absolute Gasteiger partial charge is 0.489 e. The first-order chi connectivity index (χ1) is 9.33. The van der Waals surface area contributed by atoms with Crippen LogP contribution in [0.2, 0.25) is 0 Å². The quantitative estimate of drug-likeness (QED) is 0.901. The fourth-order valence-electron chi connectivity index (χ4n) is 2.33. The zero-order valence-corrected chi connectivity index (χ0v) is 12.6. The van der Waals surface area contributed by atoms with Crippen molar-refractivity contribution in [2.45, 2.75) is 44.4 Å². The van der Waals surface area contributed by atoms with E-state index >= 15 is 0 Å². The van der Waals surface area contributed by atoms with E-state index in [9.17, 15) is 0 Å². The molecule has 0 aromatic heterocycles. The molecule has 104 valence electrons. The Bertz CT molecular complexity index is 428. The molecule has 0 unspecified atom stereocenters. The van der Waals surface area contributed by atoms with Crippen molar-refractivity contribution in [3.8, 4) is 5.75 Å². The van der Waals surface area contributed by atoms with Gasteiger partial charge in [-0.05, 0) is 34.8 Å². The zero-order valence-electron chi connectivity index (χ0n) is 11.0. The maximum atomic E-state index is 6.20. The molecule has 1 aliphatic carbocycles. The molecule has 1 N–H and O–H groups in total. The molecule has 0 bridgehead atoms. The second kappa shape index (κ2) is 6.25. The Hall–Kier alpha value is -0.580. The van der Waals surface area contributed by atoms with Gasteiger partial charge in [0, 0.05) is 31.0 Å². The van der Waals surface area contributed by atoms with Crippen molar-refractivity contribution in [3.05, 3.63) is 28.2 Å². The number of para-hydroxylation sites is 1. The second-order valence-corrected chi connectivity index (χ2v) is 6.17. The van der Waals surface area contributed by atoms with Gasteiger partial charge in [-0.2, -0.15) is 0 Å². The summed E-state index contributed by atoms with van der Waals surface area (Å²) in [6.07, 6.45) is 4.87. The standard InChI is InChI=1S/C15H20BrNO2/c16-14-3-1-2-11(10-17-12-4-5-12)15(14)19-13-6-8-18-9-7-13/h1-3,12-13,17H,4-10H2. The minimum Gasteiger partial charge on any atom is -0.489 e. The molecule has 4 heteroatoms. The van der Waals surface area contributed by atoms with Gasteiger partial charge in [-0.15, -0.1) is 0 Å². The molecule has 2 aliphatic rings. The van der Waals surface area contributed by atoms with Gasteiger partial charge in [-0.25, -0.2) is 0 Å². The molecule has 1 aromatic carbocycles. The molecule has 3 nitrogen and oxygen atoms in total. The van der Waals surface area contributed by atoms with Gasteiger partial charge in [0.05, 0.1) is 17.7 Å². The lowest BCUT2D eigenvalue weighted by Gasteiger charge is -2.25. The molecule has 1 saturated carbocycles. The minimum absolute atomic E-state index is 0.284. The van der Waals surface area contributed by atoms with E-state index in [2.05, 4.69) is 39.4 Å². The molecular weight excluding hydrogens is 306 g/mol. The van der Waals surface area contributed by atoms with Crippen LogP contribution >= 0.6 is 15.9 Å². The highest BCUT2D eigenvalue weighted by molar-refractivity contribution is 9.10. The molecule has 1 aromatic rings. The summed E-state index contributed by atoms with van der Waals surface area (Å²) in [5.41, 5.74) is 1.24. The SMILES string of the molecule is Brc1cccc(CNC2CC2)c1OC1CCOCC1. The molecule has 2 fully saturated rings. The number of halogens is 1. The Morgan fingerprint density at radius 3 is 2.74 bits per heavy atom. The Labute approximate surface area is 122 Å². The first-order valence-electron chi connectivity index (χ1n) is 7.08. The average Bonchev–Trinajstić information content (AvgIpc) is 3.25. The fourth-order valence-corrected chi connectivity index (χ4v) is 2.83. The third kappa shape index (κ3) is 3.71. The number of benzene rings is 1. The van der Waals surface area contributed by atoms with Crippen molar-refractivity contribution in [1.82, 2.24) is 5.32 Å². The number of nitrogens with one attached hydrogen (secondary N) is 1. The van der Waals surface area contributed by atoms with Gasteiger partial charge in [-0.3, -0.25) is 0 Å². The van der Waals surface area contributed by atoms with E-state index in [-0.39, 0.29) is 6.10 Å². The van der Waals surface area contributed by atoms with Crippen LogP contribution in [-0.4, -0.2) is 25.4 Å². The number of ether oxygens (including phenoxy) is 2. The molecule has 0 atom stereocenters. The maximum absolute atomic E-state index is 6.20. The van der Waals surface area contributed by atoms with Crippen molar-refractivity contribution in [3.63, 3.8) is 0 Å². The molecule has 1 saturated heterocycles. The number of hydrogen-bond acceptors (Lipinski definition) is 3. The predicted octanol–water partition coefficient (Wildman–Crippen LogP) is 3.26. The average molecular weight is 326 g/mol. The van der Waals surface area contributed by atoms with Crippen LogP contribution in [-0.2, 0) is 11.3 Å². The highest BCUT2D eigenvalue weighted by Crippen LogP contribution is 2.32. The third-order valence-electron chi connectivity index (χ3n) is 3.66. The van der Waals surface area contributed by atoms with Crippen molar-refractivity contribution in [2.24, 2.45) is 0 Å². The highest BCUT2D eigenvalue weighted by atomic mass is 79.9. The van der Waals surface area contributed by atoms with Crippen LogP contribution in [0.1, 0.15) is 31.2 Å². The Morgan fingerprint density at radius 1 is 1.21 bits per heavy atom. The van der Waals surface area contributed by atoms with E-state index in [0.717, 1.165) is 48.9 Å². The van der Waals surface area contributed by atoms with Gasteiger partial charge in [0.2, 0.25) is 0 Å². The third-order valence-corrected chi connectivity index (χ3v) is 4.28. The molecule has 0 amide bonds. The molecular formula is C15H20BrNO2. The summed E-state index contributed by atoms with van der Waals surface area (Å²) in [6.45, 7) is 2.51. The van der Waals surface area contributed by atoms with Gasteiger partial charge in [0.25, 0.3) is 0 Å². The molecule has 1 heterocycles. The van der Waals surface area contributed by atoms with E-state index in [1.807, 2.05) is 0 Å². The number of rotatable bonds is 5. The summed E-state index contributed by atoms with van der Waals surface area (Å²) in [4.78, 5) is 0. The first kappa shape index (κ1) is 13.4. The summed E-state index contributed by atoms with van der Waals surface area (Å²) in [5.74, 6) is 1.00. The molecule has 3 rings (SSSR count). The van der Waals surface area contributed by atoms with Crippen LogP contribution in [0.5, 0.6) is 5.75 Å². The Kier molecular flexibility index (Phi) is 4.41. The van der Waals surface area contributed by atoms with Gasteiger partial charge in [0.15, 0.2) is 0 Å². The van der Waals surface area contributed by atoms with Crippen molar-refractivity contribution >= 4 is 15.9 Å². The molecule has 0 spiro atoms. The fraction of sp³-hybridized carbons (Fsp3) is 0.600. The lowest BCUT2D eigenvalue weighted by atomic mass is 10.1.